The van der Waals surface area contributed by atoms with Crippen molar-refractivity contribution in [3.05, 3.63) is 36.4 Å². The molecule has 1 N–H and O–H groups in total. The molecule has 0 spiro atoms. The zero-order valence-electron chi connectivity index (χ0n) is 12.7. The minimum Gasteiger partial charge on any atom is -0.326 e. The molecule has 3 rings (SSSR count). The van der Waals surface area contributed by atoms with E-state index in [1.807, 2.05) is 0 Å². The molecule has 2 bridgehead atoms. The number of hydrogen-bond acceptors (Lipinski definition) is 3. The highest BCUT2D eigenvalue weighted by atomic mass is 32.2. The lowest BCUT2D eigenvalue weighted by molar-refractivity contribution is -0.120. The van der Waals surface area contributed by atoms with Crippen LogP contribution in [0.25, 0.3) is 0 Å². The number of carbonyl (C=O) groups is 1. The van der Waals surface area contributed by atoms with Crippen LogP contribution in [-0.2, 0) is 14.8 Å². The quantitative estimate of drug-likeness (QED) is 0.864. The summed E-state index contributed by atoms with van der Waals surface area (Å²) >= 11 is 0. The monoisotopic (exact) mass is 320 g/mol. The van der Waals surface area contributed by atoms with E-state index >= 15 is 0 Å². The Morgan fingerprint density at radius 1 is 1.14 bits per heavy atom. The molecule has 0 aliphatic heterocycles. The molecule has 6 heteroatoms. The van der Waals surface area contributed by atoms with Gasteiger partial charge in [0.15, 0.2) is 0 Å². The lowest BCUT2D eigenvalue weighted by Crippen LogP contribution is -2.26. The molecule has 1 saturated carbocycles. The van der Waals surface area contributed by atoms with Gasteiger partial charge in [0.25, 0.3) is 0 Å². The fourth-order valence-electron chi connectivity index (χ4n) is 3.24. The molecule has 1 aromatic rings. The van der Waals surface area contributed by atoms with E-state index in [0.717, 1.165) is 12.8 Å². The molecule has 1 fully saturated rings. The van der Waals surface area contributed by atoms with Gasteiger partial charge < -0.3 is 5.32 Å². The van der Waals surface area contributed by atoms with Gasteiger partial charge in [-0.05, 0) is 48.9 Å². The van der Waals surface area contributed by atoms with Crippen LogP contribution in [0, 0.1) is 17.8 Å². The lowest BCUT2D eigenvalue weighted by Gasteiger charge is -2.18. The third kappa shape index (κ3) is 2.68. The number of amides is 1. The van der Waals surface area contributed by atoms with Crippen molar-refractivity contribution in [3.8, 4) is 0 Å². The predicted molar refractivity (Wildman–Crippen MR) is 84.8 cm³/mol. The fraction of sp³-hybridized carbons (Fsp3) is 0.438. The first-order chi connectivity index (χ1) is 10.4. The third-order valence-electron chi connectivity index (χ3n) is 4.52. The van der Waals surface area contributed by atoms with Crippen LogP contribution in [0.15, 0.2) is 41.3 Å². The molecule has 2 aliphatic carbocycles. The summed E-state index contributed by atoms with van der Waals surface area (Å²) in [5, 5.41) is 2.90. The van der Waals surface area contributed by atoms with Gasteiger partial charge in [-0.25, -0.2) is 12.7 Å². The van der Waals surface area contributed by atoms with E-state index in [1.54, 1.807) is 12.1 Å². The molecule has 5 nitrogen and oxygen atoms in total. The number of fused-ring (bicyclic) bond motifs is 2. The topological polar surface area (TPSA) is 66.5 Å². The van der Waals surface area contributed by atoms with Gasteiger partial charge >= 0.3 is 0 Å². The molecule has 22 heavy (non-hydrogen) atoms. The van der Waals surface area contributed by atoms with Gasteiger partial charge in [0.2, 0.25) is 15.9 Å². The van der Waals surface area contributed by atoms with Crippen LogP contribution in [0.4, 0.5) is 5.69 Å². The molecule has 0 aromatic heterocycles. The second-order valence-corrected chi connectivity index (χ2v) is 8.34. The van der Waals surface area contributed by atoms with Crippen molar-refractivity contribution in [2.45, 2.75) is 17.7 Å². The smallest absolute Gasteiger partial charge is 0.242 e. The van der Waals surface area contributed by atoms with Crippen molar-refractivity contribution in [3.63, 3.8) is 0 Å². The Balaban J connectivity index is 1.69. The Labute approximate surface area is 131 Å². The molecule has 1 aromatic carbocycles. The average molecular weight is 320 g/mol. The summed E-state index contributed by atoms with van der Waals surface area (Å²) in [5.74, 6) is 0.979. The van der Waals surface area contributed by atoms with Gasteiger partial charge in [-0.1, -0.05) is 12.2 Å². The van der Waals surface area contributed by atoms with Gasteiger partial charge in [-0.15, -0.1) is 0 Å². The molecule has 3 atom stereocenters. The van der Waals surface area contributed by atoms with Crippen LogP contribution in [0.3, 0.4) is 0 Å². The Morgan fingerprint density at radius 2 is 1.82 bits per heavy atom. The molecule has 0 heterocycles. The van der Waals surface area contributed by atoms with Gasteiger partial charge in [0, 0.05) is 25.7 Å². The maximum absolute atomic E-state index is 12.3. The standard InChI is InChI=1S/C16H20N2O3S/c1-18(2)22(20,21)14-7-5-13(6-8-14)17-16(19)15-10-11-3-4-12(15)9-11/h3-8,11-12,15H,9-10H2,1-2H3,(H,17,19)/t11-,12-,15+/m0/s1. The number of carbonyl (C=O) groups excluding carboxylic acids is 1. The van der Waals surface area contributed by atoms with E-state index in [4.69, 9.17) is 0 Å². The Hall–Kier alpha value is -1.66. The maximum Gasteiger partial charge on any atom is 0.242 e. The average Bonchev–Trinajstić information content (AvgIpc) is 3.10. The van der Waals surface area contributed by atoms with Crippen LogP contribution >= 0.6 is 0 Å². The summed E-state index contributed by atoms with van der Waals surface area (Å²) in [5.41, 5.74) is 0.634. The zero-order valence-corrected chi connectivity index (χ0v) is 13.5. The van der Waals surface area contributed by atoms with Crippen LogP contribution < -0.4 is 5.32 Å². The summed E-state index contributed by atoms with van der Waals surface area (Å²) in [4.78, 5) is 12.5. The summed E-state index contributed by atoms with van der Waals surface area (Å²) in [7, 11) is -0.446. The van der Waals surface area contributed by atoms with Gasteiger partial charge in [0.05, 0.1) is 4.90 Å². The largest absolute Gasteiger partial charge is 0.326 e. The number of hydrogen-bond donors (Lipinski definition) is 1. The van der Waals surface area contributed by atoms with Crippen molar-refractivity contribution in [1.82, 2.24) is 4.31 Å². The molecular weight excluding hydrogens is 300 g/mol. The Morgan fingerprint density at radius 3 is 2.32 bits per heavy atom. The van der Waals surface area contributed by atoms with E-state index in [1.165, 1.54) is 30.5 Å². The Kier molecular flexibility index (Phi) is 3.82. The highest BCUT2D eigenvalue weighted by Gasteiger charge is 2.39. The molecule has 2 aliphatic rings. The van der Waals surface area contributed by atoms with Crippen molar-refractivity contribution >= 4 is 21.6 Å². The summed E-state index contributed by atoms with van der Waals surface area (Å²) in [6.07, 6.45) is 6.35. The number of rotatable bonds is 4. The number of benzene rings is 1. The maximum atomic E-state index is 12.3. The van der Waals surface area contributed by atoms with Crippen molar-refractivity contribution < 1.29 is 13.2 Å². The number of sulfonamides is 1. The van der Waals surface area contributed by atoms with Crippen LogP contribution in [0.2, 0.25) is 0 Å². The minimum atomic E-state index is -3.43. The Bertz CT molecular complexity index is 707. The SMILES string of the molecule is CN(C)S(=O)(=O)c1ccc(NC(=O)[C@@H]2C[C@H]3C=C[C@H]2C3)cc1. The summed E-state index contributed by atoms with van der Waals surface area (Å²) in [6.45, 7) is 0. The molecule has 118 valence electrons. The van der Waals surface area contributed by atoms with Gasteiger partial charge in [0.1, 0.15) is 0 Å². The predicted octanol–water partition coefficient (Wildman–Crippen LogP) is 2.09. The van der Waals surface area contributed by atoms with Crippen LogP contribution in [0.5, 0.6) is 0 Å². The van der Waals surface area contributed by atoms with Gasteiger partial charge in [-0.2, -0.15) is 0 Å². The first-order valence-electron chi connectivity index (χ1n) is 7.39. The highest BCUT2D eigenvalue weighted by molar-refractivity contribution is 7.89. The van der Waals surface area contributed by atoms with Crippen molar-refractivity contribution in [1.29, 1.82) is 0 Å². The number of allylic oxidation sites excluding steroid dienone is 2. The summed E-state index contributed by atoms with van der Waals surface area (Å²) < 4.78 is 25.2. The first kappa shape index (κ1) is 15.2. The molecule has 0 unspecified atom stereocenters. The third-order valence-corrected chi connectivity index (χ3v) is 6.35. The molecular formula is C16H20N2O3S. The molecule has 1 amide bonds. The second kappa shape index (κ2) is 5.52. The summed E-state index contributed by atoms with van der Waals surface area (Å²) in [6, 6.07) is 6.31. The highest BCUT2D eigenvalue weighted by Crippen LogP contribution is 2.43. The fourth-order valence-corrected chi connectivity index (χ4v) is 4.14. The number of anilines is 1. The normalized spacial score (nSPS) is 26.6. The lowest BCUT2D eigenvalue weighted by atomic mass is 9.93. The molecule has 0 saturated heterocycles. The molecule has 0 radical (unpaired) electrons. The van der Waals surface area contributed by atoms with E-state index in [2.05, 4.69) is 17.5 Å². The van der Waals surface area contributed by atoms with Crippen LogP contribution in [0.1, 0.15) is 12.8 Å². The van der Waals surface area contributed by atoms with E-state index in [9.17, 15) is 13.2 Å². The van der Waals surface area contributed by atoms with Crippen molar-refractivity contribution in [2.75, 3.05) is 19.4 Å². The van der Waals surface area contributed by atoms with E-state index < -0.39 is 10.0 Å². The van der Waals surface area contributed by atoms with E-state index in [-0.39, 0.29) is 16.7 Å². The van der Waals surface area contributed by atoms with Crippen molar-refractivity contribution in [2.24, 2.45) is 17.8 Å². The zero-order chi connectivity index (χ0) is 15.9. The second-order valence-electron chi connectivity index (χ2n) is 6.19. The van der Waals surface area contributed by atoms with E-state index in [0.29, 0.717) is 17.5 Å². The first-order valence-corrected chi connectivity index (χ1v) is 8.84. The minimum absolute atomic E-state index is 0.0278. The van der Waals surface area contributed by atoms with Gasteiger partial charge in [-0.3, -0.25) is 4.79 Å². The number of nitrogens with zero attached hydrogens (tertiary/aromatic N) is 1. The number of nitrogens with one attached hydrogen (secondary N) is 1. The van der Waals surface area contributed by atoms with Crippen LogP contribution in [-0.4, -0.2) is 32.7 Å².